The highest BCUT2D eigenvalue weighted by Gasteiger charge is 2.42. The van der Waals surface area contributed by atoms with Crippen molar-refractivity contribution in [2.24, 2.45) is 0 Å². The molecule has 88 valence electrons. The van der Waals surface area contributed by atoms with Gasteiger partial charge in [-0.2, -0.15) is 0 Å². The minimum Gasteiger partial charge on any atom is -0.323 e. The van der Waals surface area contributed by atoms with Gasteiger partial charge in [0.05, 0.1) is 4.75 Å². The van der Waals surface area contributed by atoms with Gasteiger partial charge in [-0.3, -0.25) is 19.7 Å². The largest absolute Gasteiger partial charge is 0.323 e. The number of hydrogen-bond acceptors (Lipinski definition) is 4. The first-order valence-corrected chi connectivity index (χ1v) is 6.26. The third kappa shape index (κ3) is 2.07. The highest BCUT2D eigenvalue weighted by atomic mass is 32.2. The number of carbonyl (C=O) groups excluding carboxylic acids is 3. The Hall–Kier alpha value is -1.04. The van der Waals surface area contributed by atoms with Gasteiger partial charge in [-0.05, 0) is 25.5 Å². The number of rotatable bonds is 1. The van der Waals surface area contributed by atoms with Crippen LogP contribution in [-0.2, 0) is 14.4 Å². The fraction of sp³-hybridized carbons (Fsp3) is 0.700. The average molecular weight is 242 g/mol. The predicted molar refractivity (Wildman–Crippen MR) is 59.8 cm³/mol. The lowest BCUT2D eigenvalue weighted by Crippen LogP contribution is -2.57. The second-order valence-electron chi connectivity index (χ2n) is 4.32. The maximum Gasteiger partial charge on any atom is 0.246 e. The number of nitrogens with zero attached hydrogens (tertiary/aromatic N) is 1. The summed E-state index contributed by atoms with van der Waals surface area (Å²) in [6.07, 6.45) is 1.84. The summed E-state index contributed by atoms with van der Waals surface area (Å²) in [5.74, 6) is 0.0987. The van der Waals surface area contributed by atoms with Crippen LogP contribution in [0.1, 0.15) is 19.8 Å². The van der Waals surface area contributed by atoms with Crippen LogP contribution in [0, 0.1) is 0 Å². The van der Waals surface area contributed by atoms with Crippen LogP contribution in [0.25, 0.3) is 0 Å². The molecule has 1 unspecified atom stereocenters. The van der Waals surface area contributed by atoms with E-state index in [1.54, 1.807) is 11.8 Å². The van der Waals surface area contributed by atoms with Gasteiger partial charge in [0.2, 0.25) is 17.7 Å². The summed E-state index contributed by atoms with van der Waals surface area (Å²) in [7, 11) is 0. The molecule has 16 heavy (non-hydrogen) atoms. The minimum atomic E-state index is -0.447. The van der Waals surface area contributed by atoms with Crippen molar-refractivity contribution in [2.45, 2.75) is 24.5 Å². The summed E-state index contributed by atoms with van der Waals surface area (Å²) in [4.78, 5) is 35.9. The van der Waals surface area contributed by atoms with Gasteiger partial charge in [0.25, 0.3) is 0 Å². The van der Waals surface area contributed by atoms with Gasteiger partial charge in [-0.15, -0.1) is 11.8 Å². The Morgan fingerprint density at radius 3 is 2.50 bits per heavy atom. The predicted octanol–water partition coefficient (Wildman–Crippen LogP) is -0.243. The van der Waals surface area contributed by atoms with Crippen LogP contribution in [0.15, 0.2) is 0 Å². The molecule has 0 radical (unpaired) electrons. The van der Waals surface area contributed by atoms with E-state index in [0.717, 1.165) is 18.6 Å². The Balaban J connectivity index is 2.09. The van der Waals surface area contributed by atoms with Crippen molar-refractivity contribution in [3.05, 3.63) is 0 Å². The van der Waals surface area contributed by atoms with E-state index < -0.39 is 16.6 Å². The fourth-order valence-electron chi connectivity index (χ4n) is 2.06. The molecule has 0 spiro atoms. The lowest BCUT2D eigenvalue weighted by molar-refractivity contribution is -0.146. The van der Waals surface area contributed by atoms with Gasteiger partial charge in [0.15, 0.2) is 0 Å². The van der Waals surface area contributed by atoms with Crippen LogP contribution in [0.3, 0.4) is 0 Å². The molecule has 2 rings (SSSR count). The van der Waals surface area contributed by atoms with E-state index in [4.69, 9.17) is 0 Å². The number of nitrogens with one attached hydrogen (secondary N) is 1. The molecule has 0 aromatic heterocycles. The molecule has 2 fully saturated rings. The zero-order valence-electron chi connectivity index (χ0n) is 9.12. The van der Waals surface area contributed by atoms with E-state index in [9.17, 15) is 14.4 Å². The monoisotopic (exact) mass is 242 g/mol. The molecule has 0 aromatic rings. The third-order valence-electron chi connectivity index (χ3n) is 2.91. The van der Waals surface area contributed by atoms with Gasteiger partial charge >= 0.3 is 0 Å². The molecule has 0 aromatic carbocycles. The van der Waals surface area contributed by atoms with E-state index in [2.05, 4.69) is 5.32 Å². The van der Waals surface area contributed by atoms with Crippen LogP contribution in [0.4, 0.5) is 0 Å². The summed E-state index contributed by atoms with van der Waals surface area (Å²) >= 11 is 1.61. The summed E-state index contributed by atoms with van der Waals surface area (Å²) in [6.45, 7) is 1.89. The summed E-state index contributed by atoms with van der Waals surface area (Å²) in [5, 5.41) is 2.19. The zero-order valence-corrected chi connectivity index (χ0v) is 9.93. The Bertz CT molecular complexity index is 334. The van der Waals surface area contributed by atoms with Gasteiger partial charge in [0.1, 0.15) is 13.1 Å². The first kappa shape index (κ1) is 11.4. The number of amides is 3. The lowest BCUT2D eigenvalue weighted by Gasteiger charge is -2.32. The lowest BCUT2D eigenvalue weighted by atomic mass is 10.0. The standard InChI is InChI=1S/C10H14N2O3S/c1-10(3-2-4-16-10)9(15)12-5-7(13)11-8(14)6-12/h2-6H2,1H3,(H,11,13,14). The Kier molecular flexibility index (Phi) is 2.92. The molecule has 1 atom stereocenters. The van der Waals surface area contributed by atoms with Crippen LogP contribution in [0.2, 0.25) is 0 Å². The summed E-state index contributed by atoms with van der Waals surface area (Å²) in [6, 6.07) is 0. The van der Waals surface area contributed by atoms with Crippen molar-refractivity contribution < 1.29 is 14.4 Å². The van der Waals surface area contributed by atoms with Crippen molar-refractivity contribution >= 4 is 29.5 Å². The first-order valence-electron chi connectivity index (χ1n) is 5.27. The van der Waals surface area contributed by atoms with Crippen LogP contribution < -0.4 is 5.32 Å². The topological polar surface area (TPSA) is 66.5 Å². The number of carbonyl (C=O) groups is 3. The van der Waals surface area contributed by atoms with Crippen LogP contribution in [-0.4, -0.2) is 46.2 Å². The van der Waals surface area contributed by atoms with E-state index in [1.807, 2.05) is 6.92 Å². The van der Waals surface area contributed by atoms with E-state index in [1.165, 1.54) is 4.90 Å². The van der Waals surface area contributed by atoms with E-state index in [-0.39, 0.29) is 19.0 Å². The number of imide groups is 1. The van der Waals surface area contributed by atoms with Crippen molar-refractivity contribution in [1.29, 1.82) is 0 Å². The summed E-state index contributed by atoms with van der Waals surface area (Å²) in [5.41, 5.74) is 0. The summed E-state index contributed by atoms with van der Waals surface area (Å²) < 4.78 is -0.447. The molecule has 3 amide bonds. The molecule has 2 saturated heterocycles. The molecule has 6 heteroatoms. The number of thioether (sulfide) groups is 1. The molecular weight excluding hydrogens is 228 g/mol. The Labute approximate surface area is 97.9 Å². The molecule has 5 nitrogen and oxygen atoms in total. The van der Waals surface area contributed by atoms with Gasteiger partial charge in [-0.1, -0.05) is 0 Å². The maximum absolute atomic E-state index is 12.2. The quantitative estimate of drug-likeness (QED) is 0.644. The second kappa shape index (κ2) is 4.08. The molecule has 2 aliphatic rings. The fourth-order valence-corrected chi connectivity index (χ4v) is 3.34. The van der Waals surface area contributed by atoms with E-state index >= 15 is 0 Å². The number of hydrogen-bond donors (Lipinski definition) is 1. The minimum absolute atomic E-state index is 0.000718. The zero-order chi connectivity index (χ0) is 11.8. The number of piperazine rings is 1. The Morgan fingerprint density at radius 1 is 1.38 bits per heavy atom. The van der Waals surface area contributed by atoms with Gasteiger partial charge in [0, 0.05) is 0 Å². The average Bonchev–Trinajstić information content (AvgIpc) is 2.64. The second-order valence-corrected chi connectivity index (χ2v) is 5.91. The molecule has 1 N–H and O–H groups in total. The van der Waals surface area contributed by atoms with Crippen molar-refractivity contribution in [3.8, 4) is 0 Å². The van der Waals surface area contributed by atoms with Crippen LogP contribution >= 0.6 is 11.8 Å². The molecule has 0 saturated carbocycles. The smallest absolute Gasteiger partial charge is 0.246 e. The Morgan fingerprint density at radius 2 is 2.00 bits per heavy atom. The van der Waals surface area contributed by atoms with Gasteiger partial charge in [-0.25, -0.2) is 0 Å². The highest BCUT2D eigenvalue weighted by molar-refractivity contribution is 8.01. The molecule has 2 heterocycles. The van der Waals surface area contributed by atoms with Crippen molar-refractivity contribution in [3.63, 3.8) is 0 Å². The molecular formula is C10H14N2O3S. The normalized spacial score (nSPS) is 30.4. The molecule has 0 bridgehead atoms. The van der Waals surface area contributed by atoms with Crippen molar-refractivity contribution in [2.75, 3.05) is 18.8 Å². The maximum atomic E-state index is 12.2. The first-order chi connectivity index (χ1) is 7.51. The van der Waals surface area contributed by atoms with Crippen molar-refractivity contribution in [1.82, 2.24) is 10.2 Å². The van der Waals surface area contributed by atoms with Gasteiger partial charge < -0.3 is 4.90 Å². The van der Waals surface area contributed by atoms with E-state index in [0.29, 0.717) is 0 Å². The molecule has 2 aliphatic heterocycles. The molecule has 0 aliphatic carbocycles. The third-order valence-corrected chi connectivity index (χ3v) is 4.41. The highest BCUT2D eigenvalue weighted by Crippen LogP contribution is 2.39. The SMILES string of the molecule is CC1(C(=O)N2CC(=O)NC(=O)C2)CCCS1. The van der Waals surface area contributed by atoms with Crippen LogP contribution in [0.5, 0.6) is 0 Å².